The van der Waals surface area contributed by atoms with Crippen molar-refractivity contribution < 1.29 is 13.9 Å². The summed E-state index contributed by atoms with van der Waals surface area (Å²) in [6.45, 7) is 2.25. The van der Waals surface area contributed by atoms with Gasteiger partial charge < -0.3 is 15.8 Å². The first-order valence-electron chi connectivity index (χ1n) is 5.06. The Morgan fingerprint density at radius 2 is 2.31 bits per heavy atom. The molecule has 1 rings (SSSR count). The Labute approximate surface area is 93.6 Å². The number of amides is 1. The summed E-state index contributed by atoms with van der Waals surface area (Å²) >= 11 is 0. The number of benzene rings is 1. The van der Waals surface area contributed by atoms with Gasteiger partial charge in [0.2, 0.25) is 0 Å². The molecule has 0 unspecified atom stereocenters. The zero-order valence-corrected chi connectivity index (χ0v) is 9.13. The number of halogens is 1. The molecule has 0 aromatic heterocycles. The van der Waals surface area contributed by atoms with Gasteiger partial charge in [0.1, 0.15) is 11.6 Å². The average molecular weight is 226 g/mol. The molecule has 0 aliphatic heterocycles. The van der Waals surface area contributed by atoms with Crippen LogP contribution in [-0.2, 0) is 11.3 Å². The zero-order chi connectivity index (χ0) is 12.0. The molecule has 0 saturated heterocycles. The van der Waals surface area contributed by atoms with Crippen LogP contribution in [0.1, 0.15) is 12.5 Å². The number of nitrogens with one attached hydrogen (secondary N) is 1. The fourth-order valence-corrected chi connectivity index (χ4v) is 1.26. The van der Waals surface area contributed by atoms with Gasteiger partial charge in [-0.3, -0.25) is 4.79 Å². The highest BCUT2D eigenvalue weighted by molar-refractivity contribution is 5.77. The van der Waals surface area contributed by atoms with Crippen molar-refractivity contribution in [3.8, 4) is 5.75 Å². The van der Waals surface area contributed by atoms with Crippen LogP contribution in [0.25, 0.3) is 0 Å². The fourth-order valence-electron chi connectivity index (χ4n) is 1.26. The number of hydrogen-bond acceptors (Lipinski definition) is 3. The maximum atomic E-state index is 13.3. The van der Waals surface area contributed by atoms with E-state index in [4.69, 9.17) is 10.5 Å². The molecule has 3 N–H and O–H groups in total. The lowest BCUT2D eigenvalue weighted by Gasteiger charge is -2.10. The average Bonchev–Trinajstić information content (AvgIpc) is 2.27. The number of carbonyl (C=O) groups excluding carboxylic acids is 1. The van der Waals surface area contributed by atoms with Crippen molar-refractivity contribution >= 4 is 5.91 Å². The van der Waals surface area contributed by atoms with E-state index in [9.17, 15) is 9.18 Å². The number of nitrogens with two attached hydrogens (primary N) is 1. The van der Waals surface area contributed by atoms with Gasteiger partial charge in [-0.2, -0.15) is 0 Å². The minimum atomic E-state index is -0.420. The molecule has 16 heavy (non-hydrogen) atoms. The first-order valence-corrected chi connectivity index (χ1v) is 5.06. The van der Waals surface area contributed by atoms with E-state index < -0.39 is 5.82 Å². The van der Waals surface area contributed by atoms with Crippen molar-refractivity contribution in [2.45, 2.75) is 13.5 Å². The maximum absolute atomic E-state index is 13.3. The molecule has 1 aromatic carbocycles. The second-order valence-electron chi connectivity index (χ2n) is 3.16. The molecular weight excluding hydrogens is 211 g/mol. The molecule has 88 valence electrons. The lowest BCUT2D eigenvalue weighted by molar-refractivity contribution is -0.123. The molecule has 0 aliphatic carbocycles. The van der Waals surface area contributed by atoms with E-state index in [1.54, 1.807) is 6.07 Å². The molecule has 0 bridgehead atoms. The molecule has 1 aromatic rings. The van der Waals surface area contributed by atoms with E-state index in [1.807, 2.05) is 6.92 Å². The zero-order valence-electron chi connectivity index (χ0n) is 9.13. The van der Waals surface area contributed by atoms with E-state index in [0.29, 0.717) is 12.3 Å². The maximum Gasteiger partial charge on any atom is 0.257 e. The highest BCUT2D eigenvalue weighted by Gasteiger charge is 2.09. The van der Waals surface area contributed by atoms with Gasteiger partial charge in [0.25, 0.3) is 5.91 Å². The Balaban J connectivity index is 2.66. The second-order valence-corrected chi connectivity index (χ2v) is 3.16. The topological polar surface area (TPSA) is 64.3 Å². The second kappa shape index (κ2) is 6.07. The summed E-state index contributed by atoms with van der Waals surface area (Å²) in [6, 6.07) is 4.41. The lowest BCUT2D eigenvalue weighted by atomic mass is 10.2. The number of hydrogen-bond donors (Lipinski definition) is 2. The fraction of sp³-hybridized carbons (Fsp3) is 0.364. The van der Waals surface area contributed by atoms with Crippen LogP contribution in [0.4, 0.5) is 4.39 Å². The van der Waals surface area contributed by atoms with Crippen molar-refractivity contribution in [1.29, 1.82) is 0 Å². The van der Waals surface area contributed by atoms with Crippen LogP contribution >= 0.6 is 0 Å². The summed E-state index contributed by atoms with van der Waals surface area (Å²) in [5.41, 5.74) is 5.68. The molecule has 0 saturated carbocycles. The Bertz CT molecular complexity index is 369. The summed E-state index contributed by atoms with van der Waals surface area (Å²) in [7, 11) is 0. The monoisotopic (exact) mass is 226 g/mol. The predicted molar refractivity (Wildman–Crippen MR) is 58.5 cm³/mol. The summed E-state index contributed by atoms with van der Waals surface area (Å²) in [6.07, 6.45) is 0. The summed E-state index contributed by atoms with van der Waals surface area (Å²) < 4.78 is 18.5. The molecule has 4 nitrogen and oxygen atoms in total. The predicted octanol–water partition coefficient (Wildman–Crippen LogP) is 0.799. The Morgan fingerprint density at radius 1 is 1.56 bits per heavy atom. The largest absolute Gasteiger partial charge is 0.483 e. The third kappa shape index (κ3) is 3.20. The van der Waals surface area contributed by atoms with E-state index in [-0.39, 0.29) is 24.6 Å². The molecule has 0 fully saturated rings. The van der Waals surface area contributed by atoms with Crippen LogP contribution in [-0.4, -0.2) is 19.1 Å². The van der Waals surface area contributed by atoms with E-state index in [2.05, 4.69) is 5.32 Å². The summed E-state index contributed by atoms with van der Waals surface area (Å²) in [5.74, 6) is -0.348. The van der Waals surface area contributed by atoms with Crippen LogP contribution in [0.5, 0.6) is 5.75 Å². The van der Waals surface area contributed by atoms with Crippen molar-refractivity contribution in [2.24, 2.45) is 5.73 Å². The molecular formula is C11H15FN2O2. The quantitative estimate of drug-likeness (QED) is 0.780. The van der Waals surface area contributed by atoms with Gasteiger partial charge in [-0.05, 0) is 19.1 Å². The van der Waals surface area contributed by atoms with E-state index in [0.717, 1.165) is 0 Å². The number of ether oxygens (including phenoxy) is 1. The normalized spacial score (nSPS) is 9.94. The smallest absolute Gasteiger partial charge is 0.257 e. The van der Waals surface area contributed by atoms with E-state index >= 15 is 0 Å². The van der Waals surface area contributed by atoms with E-state index in [1.165, 1.54) is 12.1 Å². The van der Waals surface area contributed by atoms with Crippen LogP contribution in [0.15, 0.2) is 18.2 Å². The van der Waals surface area contributed by atoms with Gasteiger partial charge in [-0.1, -0.05) is 6.07 Å². The van der Waals surface area contributed by atoms with Crippen LogP contribution < -0.4 is 15.8 Å². The number of likely N-dealkylation sites (N-methyl/N-ethyl adjacent to an activating group) is 1. The number of carbonyl (C=O) groups is 1. The van der Waals surface area contributed by atoms with Gasteiger partial charge in [0.05, 0.1) is 0 Å². The van der Waals surface area contributed by atoms with Gasteiger partial charge in [-0.25, -0.2) is 4.39 Å². The minimum absolute atomic E-state index is 0.0391. The third-order valence-corrected chi connectivity index (χ3v) is 2.01. The molecule has 0 atom stereocenters. The van der Waals surface area contributed by atoms with Gasteiger partial charge in [0.15, 0.2) is 6.61 Å². The molecule has 0 spiro atoms. The van der Waals surface area contributed by atoms with Crippen LogP contribution in [0, 0.1) is 5.82 Å². The third-order valence-electron chi connectivity index (χ3n) is 2.01. The molecule has 0 radical (unpaired) electrons. The van der Waals surface area contributed by atoms with Crippen molar-refractivity contribution in [3.63, 3.8) is 0 Å². The molecule has 0 heterocycles. The Morgan fingerprint density at radius 3 is 2.94 bits per heavy atom. The Kier molecular flexibility index (Phi) is 4.72. The lowest BCUT2D eigenvalue weighted by Crippen LogP contribution is -2.28. The molecule has 1 amide bonds. The highest BCUT2D eigenvalue weighted by atomic mass is 19.1. The van der Waals surface area contributed by atoms with Gasteiger partial charge in [0, 0.05) is 18.7 Å². The highest BCUT2D eigenvalue weighted by Crippen LogP contribution is 2.20. The van der Waals surface area contributed by atoms with Gasteiger partial charge >= 0.3 is 0 Å². The first-order chi connectivity index (χ1) is 7.69. The van der Waals surface area contributed by atoms with Crippen molar-refractivity contribution in [2.75, 3.05) is 13.2 Å². The summed E-state index contributed by atoms with van der Waals surface area (Å²) in [4.78, 5) is 11.1. The SMILES string of the molecule is CCNC(=O)COc1cccc(F)c1CN. The first kappa shape index (κ1) is 12.4. The summed E-state index contributed by atoms with van der Waals surface area (Å²) in [5, 5.41) is 2.58. The number of rotatable bonds is 5. The van der Waals surface area contributed by atoms with Crippen molar-refractivity contribution in [1.82, 2.24) is 5.32 Å². The molecule has 5 heteroatoms. The van der Waals surface area contributed by atoms with Gasteiger partial charge in [-0.15, -0.1) is 0 Å². The minimum Gasteiger partial charge on any atom is -0.483 e. The van der Waals surface area contributed by atoms with Crippen molar-refractivity contribution in [3.05, 3.63) is 29.6 Å². The van der Waals surface area contributed by atoms with Crippen LogP contribution in [0.2, 0.25) is 0 Å². The molecule has 0 aliphatic rings. The Hall–Kier alpha value is -1.62. The standard InChI is InChI=1S/C11H15FN2O2/c1-2-14-11(15)7-16-10-5-3-4-9(12)8(10)6-13/h3-5H,2,6-7,13H2,1H3,(H,14,15). The van der Waals surface area contributed by atoms with Crippen LogP contribution in [0.3, 0.4) is 0 Å².